The lowest BCUT2D eigenvalue weighted by atomic mass is 9.78. The number of esters is 1. The highest BCUT2D eigenvalue weighted by Crippen LogP contribution is 2.40. The van der Waals surface area contributed by atoms with Gasteiger partial charge in [-0.3, -0.25) is 14.4 Å². The number of nitrogens with zero attached hydrogens (tertiary/aromatic N) is 2. The highest BCUT2D eigenvalue weighted by molar-refractivity contribution is 9.10. The van der Waals surface area contributed by atoms with Crippen LogP contribution in [0.2, 0.25) is 0 Å². The van der Waals surface area contributed by atoms with Crippen LogP contribution in [0.4, 0.5) is 0 Å². The standard InChI is InChI=1S/C22H26BrN3O4S/c1-12(2)26(13(3)4)17(27)11-31-21-16(10-24)18(14-7-6-8-15(23)9-14)19(20(28)25-21)22(29)30-5/h6-9,12-13,18-19H,11H2,1-5H3,(H,25,28)/t18-,19+/m1/s1. The van der Waals surface area contributed by atoms with Crippen LogP contribution in [0, 0.1) is 17.2 Å². The molecule has 0 unspecified atom stereocenters. The Kier molecular flexibility index (Phi) is 8.71. The van der Waals surface area contributed by atoms with Crippen LogP contribution in [0.25, 0.3) is 0 Å². The summed E-state index contributed by atoms with van der Waals surface area (Å²) in [6.45, 7) is 7.76. The van der Waals surface area contributed by atoms with Crippen LogP contribution in [0.5, 0.6) is 0 Å². The predicted octanol–water partition coefficient (Wildman–Crippen LogP) is 3.57. The normalized spacial score (nSPS) is 18.6. The van der Waals surface area contributed by atoms with E-state index in [1.807, 2.05) is 33.8 Å². The molecule has 1 aliphatic heterocycles. The highest BCUT2D eigenvalue weighted by atomic mass is 79.9. The van der Waals surface area contributed by atoms with E-state index < -0.39 is 23.7 Å². The zero-order chi connectivity index (χ0) is 23.3. The van der Waals surface area contributed by atoms with Crippen molar-refractivity contribution in [1.82, 2.24) is 10.2 Å². The van der Waals surface area contributed by atoms with Gasteiger partial charge in [0.2, 0.25) is 11.8 Å². The molecule has 7 nitrogen and oxygen atoms in total. The lowest BCUT2D eigenvalue weighted by Gasteiger charge is -2.32. The van der Waals surface area contributed by atoms with E-state index in [1.165, 1.54) is 7.11 Å². The summed E-state index contributed by atoms with van der Waals surface area (Å²) < 4.78 is 5.60. The molecule has 0 radical (unpaired) electrons. The third-order valence-electron chi connectivity index (χ3n) is 4.93. The Balaban J connectivity index is 2.46. The number of nitriles is 1. The van der Waals surface area contributed by atoms with Crippen molar-refractivity contribution in [2.45, 2.75) is 45.7 Å². The van der Waals surface area contributed by atoms with Gasteiger partial charge in [-0.1, -0.05) is 39.8 Å². The molecule has 0 spiro atoms. The molecule has 1 aliphatic rings. The first-order valence-electron chi connectivity index (χ1n) is 9.84. The van der Waals surface area contributed by atoms with Gasteiger partial charge < -0.3 is 15.0 Å². The number of benzene rings is 1. The maximum Gasteiger partial charge on any atom is 0.319 e. The minimum absolute atomic E-state index is 0.0246. The van der Waals surface area contributed by atoms with E-state index in [4.69, 9.17) is 4.74 Å². The number of ether oxygens (including phenoxy) is 1. The third-order valence-corrected chi connectivity index (χ3v) is 6.43. The third kappa shape index (κ3) is 5.69. The second kappa shape index (κ2) is 10.8. The average Bonchev–Trinajstić information content (AvgIpc) is 2.70. The average molecular weight is 508 g/mol. The molecule has 0 bridgehead atoms. The van der Waals surface area contributed by atoms with Crippen molar-refractivity contribution >= 4 is 45.5 Å². The SMILES string of the molecule is COC(=O)[C@@H]1C(=O)NC(SCC(=O)N(C(C)C)C(C)C)=C(C#N)[C@H]1c1cccc(Br)c1. The number of amides is 2. The topological polar surface area (TPSA) is 99.5 Å². The molecule has 1 aromatic carbocycles. The van der Waals surface area contributed by atoms with Crippen LogP contribution in [-0.4, -0.2) is 47.6 Å². The fraction of sp³-hybridized carbons (Fsp3) is 0.455. The molecule has 0 saturated heterocycles. The van der Waals surface area contributed by atoms with E-state index in [0.717, 1.165) is 16.2 Å². The molecule has 9 heteroatoms. The minimum atomic E-state index is -1.20. The number of thioether (sulfide) groups is 1. The Morgan fingerprint density at radius 1 is 1.29 bits per heavy atom. The fourth-order valence-corrected chi connectivity index (χ4v) is 5.10. The number of nitrogens with one attached hydrogen (secondary N) is 1. The quantitative estimate of drug-likeness (QED) is 0.447. The number of hydrogen-bond donors (Lipinski definition) is 1. The Morgan fingerprint density at radius 2 is 1.94 bits per heavy atom. The van der Waals surface area contributed by atoms with Gasteiger partial charge in [-0.25, -0.2) is 0 Å². The molecule has 1 heterocycles. The first-order valence-corrected chi connectivity index (χ1v) is 11.6. The van der Waals surface area contributed by atoms with E-state index in [0.29, 0.717) is 10.6 Å². The number of allylic oxidation sites excluding steroid dienone is 1. The van der Waals surface area contributed by atoms with Crippen molar-refractivity contribution in [3.05, 3.63) is 44.9 Å². The van der Waals surface area contributed by atoms with Crippen LogP contribution in [0.15, 0.2) is 39.3 Å². The van der Waals surface area contributed by atoms with Gasteiger partial charge in [-0.2, -0.15) is 5.26 Å². The Labute approximate surface area is 195 Å². The first kappa shape index (κ1) is 25.0. The second-order valence-electron chi connectivity index (χ2n) is 7.65. The molecular formula is C22H26BrN3O4S. The molecule has 0 saturated carbocycles. The maximum atomic E-state index is 12.9. The summed E-state index contributed by atoms with van der Waals surface area (Å²) >= 11 is 4.50. The second-order valence-corrected chi connectivity index (χ2v) is 9.56. The van der Waals surface area contributed by atoms with Crippen LogP contribution in [0.1, 0.15) is 39.2 Å². The van der Waals surface area contributed by atoms with Gasteiger partial charge in [-0.15, -0.1) is 0 Å². The number of methoxy groups -OCH3 is 1. The summed E-state index contributed by atoms with van der Waals surface area (Å²) in [5, 5.41) is 12.9. The van der Waals surface area contributed by atoms with Crippen molar-refractivity contribution in [3.63, 3.8) is 0 Å². The number of carbonyl (C=O) groups is 3. The summed E-state index contributed by atoms with van der Waals surface area (Å²) in [7, 11) is 1.21. The molecule has 0 fully saturated rings. The van der Waals surface area contributed by atoms with E-state index >= 15 is 0 Å². The van der Waals surface area contributed by atoms with Gasteiger partial charge in [0.05, 0.1) is 29.5 Å². The summed E-state index contributed by atoms with van der Waals surface area (Å²) in [4.78, 5) is 39.8. The van der Waals surface area contributed by atoms with Crippen LogP contribution >= 0.6 is 27.7 Å². The van der Waals surface area contributed by atoms with Crippen LogP contribution in [0.3, 0.4) is 0 Å². The van der Waals surface area contributed by atoms with E-state index in [1.54, 1.807) is 23.1 Å². The maximum absolute atomic E-state index is 12.9. The monoisotopic (exact) mass is 507 g/mol. The number of carbonyl (C=O) groups excluding carboxylic acids is 3. The summed E-state index contributed by atoms with van der Waals surface area (Å²) in [5.41, 5.74) is 0.859. The summed E-state index contributed by atoms with van der Waals surface area (Å²) in [6, 6.07) is 9.31. The molecule has 2 atom stereocenters. The lowest BCUT2D eigenvalue weighted by molar-refractivity contribution is -0.150. The van der Waals surface area contributed by atoms with Gasteiger partial charge in [0.15, 0.2) is 0 Å². The largest absolute Gasteiger partial charge is 0.468 e. The molecule has 1 aromatic rings. The molecule has 0 aliphatic carbocycles. The zero-order valence-corrected chi connectivity index (χ0v) is 20.5. The smallest absolute Gasteiger partial charge is 0.319 e. The first-order chi connectivity index (χ1) is 14.6. The van der Waals surface area contributed by atoms with Crippen molar-refractivity contribution in [2.75, 3.05) is 12.9 Å². The summed E-state index contributed by atoms with van der Waals surface area (Å²) in [5.74, 6) is -3.32. The van der Waals surface area contributed by atoms with Gasteiger partial charge >= 0.3 is 5.97 Å². The number of hydrogen-bond acceptors (Lipinski definition) is 6. The Hall–Kier alpha value is -2.31. The molecule has 1 N–H and O–H groups in total. The molecule has 2 amide bonds. The van der Waals surface area contributed by atoms with Crippen LogP contribution in [-0.2, 0) is 19.1 Å². The molecular weight excluding hydrogens is 482 g/mol. The van der Waals surface area contributed by atoms with E-state index in [9.17, 15) is 19.6 Å². The van der Waals surface area contributed by atoms with E-state index in [2.05, 4.69) is 27.3 Å². The van der Waals surface area contributed by atoms with E-state index in [-0.39, 0.29) is 29.3 Å². The van der Waals surface area contributed by atoms with Crippen molar-refractivity contribution in [1.29, 1.82) is 5.26 Å². The Morgan fingerprint density at radius 3 is 2.45 bits per heavy atom. The van der Waals surface area contributed by atoms with Gasteiger partial charge in [-0.05, 0) is 45.4 Å². The number of halogens is 1. The van der Waals surface area contributed by atoms with Gasteiger partial charge in [0, 0.05) is 22.5 Å². The molecule has 0 aromatic heterocycles. The van der Waals surface area contributed by atoms with Gasteiger partial charge in [0.25, 0.3) is 0 Å². The minimum Gasteiger partial charge on any atom is -0.468 e. The summed E-state index contributed by atoms with van der Waals surface area (Å²) in [6.07, 6.45) is 0. The van der Waals surface area contributed by atoms with Crippen molar-refractivity contribution in [3.8, 4) is 6.07 Å². The molecule has 31 heavy (non-hydrogen) atoms. The fourth-order valence-electron chi connectivity index (χ4n) is 3.76. The van der Waals surface area contributed by atoms with Crippen molar-refractivity contribution < 1.29 is 19.1 Å². The van der Waals surface area contributed by atoms with Crippen LogP contribution < -0.4 is 5.32 Å². The van der Waals surface area contributed by atoms with Crippen molar-refractivity contribution in [2.24, 2.45) is 5.92 Å². The number of rotatable bonds is 7. The Bertz CT molecular complexity index is 931. The molecule has 2 rings (SSSR count). The zero-order valence-electron chi connectivity index (χ0n) is 18.1. The lowest BCUT2D eigenvalue weighted by Crippen LogP contribution is -2.45. The highest BCUT2D eigenvalue weighted by Gasteiger charge is 2.44. The van der Waals surface area contributed by atoms with Gasteiger partial charge in [0.1, 0.15) is 5.92 Å². The predicted molar refractivity (Wildman–Crippen MR) is 123 cm³/mol. The molecule has 166 valence electrons.